The zero-order valence-electron chi connectivity index (χ0n) is 17.5. The van der Waals surface area contributed by atoms with Crippen LogP contribution in [0.15, 0.2) is 83.9 Å². The number of thioether (sulfide) groups is 1. The number of hydrogen-bond donors (Lipinski definition) is 2. The van der Waals surface area contributed by atoms with E-state index in [0.29, 0.717) is 22.2 Å². The van der Waals surface area contributed by atoms with Gasteiger partial charge in [0.05, 0.1) is 17.5 Å². The zero-order valence-corrected chi connectivity index (χ0v) is 19.1. The van der Waals surface area contributed by atoms with Gasteiger partial charge in [-0.2, -0.15) is 0 Å². The second-order valence-electron chi connectivity index (χ2n) is 7.83. The lowest BCUT2D eigenvalue weighted by Crippen LogP contribution is -2.14. The van der Waals surface area contributed by atoms with Crippen LogP contribution in [0, 0.1) is 0 Å². The Morgan fingerprint density at radius 2 is 1.67 bits per heavy atom. The molecule has 0 aromatic heterocycles. The topological polar surface area (TPSA) is 96.9 Å². The van der Waals surface area contributed by atoms with E-state index in [1.54, 1.807) is 42.5 Å². The Hall–Kier alpha value is -3.30. The minimum Gasteiger partial charge on any atom is -0.457 e. The van der Waals surface area contributed by atoms with Crippen LogP contribution in [0.25, 0.3) is 0 Å². The van der Waals surface area contributed by atoms with E-state index in [1.807, 2.05) is 36.4 Å². The van der Waals surface area contributed by atoms with Crippen molar-refractivity contribution in [2.45, 2.75) is 11.3 Å². The summed E-state index contributed by atoms with van der Waals surface area (Å²) < 4.78 is 29.2. The fourth-order valence-electron chi connectivity index (χ4n) is 3.71. The number of sulfone groups is 1. The smallest absolute Gasteiger partial charge is 0.255 e. The van der Waals surface area contributed by atoms with Crippen LogP contribution in [-0.4, -0.2) is 42.3 Å². The van der Waals surface area contributed by atoms with Gasteiger partial charge in [-0.1, -0.05) is 36.0 Å². The van der Waals surface area contributed by atoms with Crippen molar-refractivity contribution in [1.82, 2.24) is 0 Å². The number of rotatable bonds is 5. The second-order valence-corrected chi connectivity index (χ2v) is 11.2. The number of ether oxygens (including phenoxy) is 1. The molecule has 2 N–H and O–H groups in total. The molecule has 0 saturated carbocycles. The van der Waals surface area contributed by atoms with E-state index >= 15 is 0 Å². The van der Waals surface area contributed by atoms with Gasteiger partial charge >= 0.3 is 0 Å². The van der Waals surface area contributed by atoms with Gasteiger partial charge in [0.1, 0.15) is 11.5 Å². The quantitative estimate of drug-likeness (QED) is 0.563. The summed E-state index contributed by atoms with van der Waals surface area (Å²) in [6.07, 6.45) is 0. The van der Waals surface area contributed by atoms with E-state index in [2.05, 4.69) is 15.6 Å². The molecule has 168 valence electrons. The molecule has 1 fully saturated rings. The molecule has 2 aliphatic heterocycles. The van der Waals surface area contributed by atoms with Crippen molar-refractivity contribution < 1.29 is 17.9 Å². The van der Waals surface area contributed by atoms with Crippen LogP contribution >= 0.6 is 11.8 Å². The standard InChI is InChI=1S/C24H21N3O4S2/c28-23(25-17-9-11-20(12-10-17)31-19-7-2-1-3-8-19)16-5-4-6-18(13-16)26-24-27-21-14-33(29,30)15-22(21)32-24/h1-13,21-22H,14-15H2,(H,25,28)(H,26,27)/t21-,22+/m1/s1. The monoisotopic (exact) mass is 479 g/mol. The molecule has 2 aliphatic rings. The molecule has 2 heterocycles. The summed E-state index contributed by atoms with van der Waals surface area (Å²) in [6, 6.07) is 23.6. The van der Waals surface area contributed by atoms with E-state index in [-0.39, 0.29) is 28.7 Å². The molecule has 33 heavy (non-hydrogen) atoms. The highest BCUT2D eigenvalue weighted by Gasteiger charge is 2.42. The van der Waals surface area contributed by atoms with E-state index in [9.17, 15) is 13.2 Å². The van der Waals surface area contributed by atoms with Crippen LogP contribution in [0.5, 0.6) is 11.5 Å². The highest BCUT2D eigenvalue weighted by Crippen LogP contribution is 2.34. The third-order valence-corrected chi connectivity index (χ3v) is 8.43. The van der Waals surface area contributed by atoms with Crippen LogP contribution < -0.4 is 15.4 Å². The Kier molecular flexibility index (Phi) is 5.82. The summed E-state index contributed by atoms with van der Waals surface area (Å²) in [5.41, 5.74) is 1.88. The number of amidine groups is 1. The third kappa shape index (κ3) is 5.20. The maximum Gasteiger partial charge on any atom is 0.255 e. The third-order valence-electron chi connectivity index (χ3n) is 5.29. The Labute approximate surface area is 196 Å². The predicted octanol–water partition coefficient (Wildman–Crippen LogP) is 4.41. The minimum atomic E-state index is -2.98. The first-order chi connectivity index (χ1) is 15.9. The fraction of sp³-hybridized carbons (Fsp3) is 0.167. The molecule has 3 aromatic carbocycles. The molecule has 9 heteroatoms. The summed E-state index contributed by atoms with van der Waals surface area (Å²) in [5, 5.41) is 6.75. The van der Waals surface area contributed by atoms with Crippen molar-refractivity contribution >= 4 is 44.0 Å². The van der Waals surface area contributed by atoms with Crippen molar-refractivity contribution in [2.75, 3.05) is 22.1 Å². The van der Waals surface area contributed by atoms with Crippen LogP contribution in [-0.2, 0) is 9.84 Å². The normalized spacial score (nSPS) is 20.5. The van der Waals surface area contributed by atoms with Crippen molar-refractivity contribution in [3.8, 4) is 11.5 Å². The molecule has 1 saturated heterocycles. The average Bonchev–Trinajstić information content (AvgIpc) is 3.28. The molecule has 0 aliphatic carbocycles. The fourth-order valence-corrected chi connectivity index (χ4v) is 7.39. The minimum absolute atomic E-state index is 0.0298. The number of para-hydroxylation sites is 1. The largest absolute Gasteiger partial charge is 0.457 e. The highest BCUT2D eigenvalue weighted by atomic mass is 32.2. The van der Waals surface area contributed by atoms with Gasteiger partial charge < -0.3 is 15.4 Å². The van der Waals surface area contributed by atoms with Gasteiger partial charge in [0.15, 0.2) is 15.0 Å². The molecule has 2 atom stereocenters. The summed E-state index contributed by atoms with van der Waals surface area (Å²) in [6.45, 7) is 0. The molecule has 7 nitrogen and oxygen atoms in total. The molecule has 5 rings (SSSR count). The number of nitrogens with zero attached hydrogens (tertiary/aromatic N) is 1. The summed E-state index contributed by atoms with van der Waals surface area (Å²) in [4.78, 5) is 17.2. The van der Waals surface area contributed by atoms with Crippen molar-refractivity contribution in [2.24, 2.45) is 4.99 Å². The number of anilines is 2. The van der Waals surface area contributed by atoms with Gasteiger partial charge in [-0.05, 0) is 54.6 Å². The van der Waals surface area contributed by atoms with E-state index in [0.717, 1.165) is 11.4 Å². The van der Waals surface area contributed by atoms with E-state index in [4.69, 9.17) is 4.74 Å². The molecule has 0 bridgehead atoms. The predicted molar refractivity (Wildman–Crippen MR) is 132 cm³/mol. The van der Waals surface area contributed by atoms with Gasteiger partial charge in [0.2, 0.25) is 0 Å². The molecular weight excluding hydrogens is 458 g/mol. The zero-order chi connectivity index (χ0) is 22.8. The second kappa shape index (κ2) is 8.92. The first-order valence-corrected chi connectivity index (χ1v) is 13.1. The van der Waals surface area contributed by atoms with Crippen molar-refractivity contribution in [1.29, 1.82) is 0 Å². The van der Waals surface area contributed by atoms with Crippen molar-refractivity contribution in [3.05, 3.63) is 84.4 Å². The first kappa shape index (κ1) is 21.5. The number of fused-ring (bicyclic) bond motifs is 1. The number of carbonyl (C=O) groups is 1. The number of hydrogen-bond acceptors (Lipinski definition) is 7. The molecule has 1 amide bonds. The Morgan fingerprint density at radius 1 is 0.909 bits per heavy atom. The Bertz CT molecular complexity index is 1310. The number of amides is 1. The summed E-state index contributed by atoms with van der Waals surface area (Å²) in [7, 11) is -2.98. The average molecular weight is 480 g/mol. The molecule has 0 unspecified atom stereocenters. The summed E-state index contributed by atoms with van der Waals surface area (Å²) >= 11 is 1.44. The lowest BCUT2D eigenvalue weighted by molar-refractivity contribution is 0.102. The number of benzene rings is 3. The highest BCUT2D eigenvalue weighted by molar-refractivity contribution is 8.15. The van der Waals surface area contributed by atoms with Gasteiger partial charge in [0, 0.05) is 22.2 Å². The van der Waals surface area contributed by atoms with Gasteiger partial charge in [-0.3, -0.25) is 9.79 Å². The van der Waals surface area contributed by atoms with E-state index in [1.165, 1.54) is 11.8 Å². The molecular formula is C24H21N3O4S2. The number of nitrogens with one attached hydrogen (secondary N) is 2. The van der Waals surface area contributed by atoms with Crippen molar-refractivity contribution in [3.63, 3.8) is 0 Å². The summed E-state index contributed by atoms with van der Waals surface area (Å²) in [5.74, 6) is 1.45. The molecule has 0 spiro atoms. The SMILES string of the molecule is O=C(Nc1ccc(Oc2ccccc2)cc1)c1cccc(NC2=N[C@@H]3CS(=O)(=O)C[C@@H]3S2)c1. The van der Waals surface area contributed by atoms with Crippen LogP contribution in [0.3, 0.4) is 0 Å². The number of aliphatic imine (C=N–C) groups is 1. The molecule has 3 aromatic rings. The Balaban J connectivity index is 1.21. The maximum absolute atomic E-state index is 12.7. The van der Waals surface area contributed by atoms with Gasteiger partial charge in [-0.25, -0.2) is 8.42 Å². The van der Waals surface area contributed by atoms with Crippen LogP contribution in [0.2, 0.25) is 0 Å². The van der Waals surface area contributed by atoms with Gasteiger partial charge in [0.25, 0.3) is 5.91 Å². The Morgan fingerprint density at radius 3 is 2.42 bits per heavy atom. The molecule has 0 radical (unpaired) electrons. The van der Waals surface area contributed by atoms with Crippen LogP contribution in [0.4, 0.5) is 11.4 Å². The number of carbonyl (C=O) groups excluding carboxylic acids is 1. The maximum atomic E-state index is 12.7. The van der Waals surface area contributed by atoms with Crippen LogP contribution in [0.1, 0.15) is 10.4 Å². The van der Waals surface area contributed by atoms with E-state index < -0.39 is 9.84 Å². The lowest BCUT2D eigenvalue weighted by Gasteiger charge is -2.10. The first-order valence-electron chi connectivity index (χ1n) is 10.4. The van der Waals surface area contributed by atoms with Gasteiger partial charge in [-0.15, -0.1) is 0 Å². The lowest BCUT2D eigenvalue weighted by atomic mass is 10.2.